The Kier molecular flexibility index (Phi) is 6.71. The van der Waals surface area contributed by atoms with Crippen molar-refractivity contribution in [3.05, 3.63) is 53.6 Å². The number of anilines is 1. The lowest BCUT2D eigenvalue weighted by molar-refractivity contribution is 0.102. The Bertz CT molecular complexity index is 730. The first-order valence-corrected chi connectivity index (χ1v) is 9.56. The molecule has 3 rings (SSSR count). The zero-order valence-electron chi connectivity index (χ0n) is 16.1. The largest absolute Gasteiger partial charge is 0.496 e. The second kappa shape index (κ2) is 9.42. The molecular weight excluding hydrogens is 340 g/mol. The molecule has 0 atom stereocenters. The van der Waals surface area contributed by atoms with E-state index >= 15 is 0 Å². The molecule has 5 nitrogen and oxygen atoms in total. The van der Waals surface area contributed by atoms with Gasteiger partial charge >= 0.3 is 0 Å². The van der Waals surface area contributed by atoms with Crippen LogP contribution >= 0.6 is 0 Å². The highest BCUT2D eigenvalue weighted by Gasteiger charge is 2.18. The molecule has 0 spiro atoms. The van der Waals surface area contributed by atoms with Gasteiger partial charge in [-0.15, -0.1) is 0 Å². The van der Waals surface area contributed by atoms with Gasteiger partial charge in [0.15, 0.2) is 0 Å². The maximum Gasteiger partial charge on any atom is 0.263 e. The van der Waals surface area contributed by atoms with E-state index in [1.54, 1.807) is 32.4 Å². The average Bonchev–Trinajstić information content (AvgIpc) is 3.22. The number of nitrogens with one attached hydrogen (secondary N) is 2. The van der Waals surface area contributed by atoms with Crippen molar-refractivity contribution in [2.45, 2.75) is 38.1 Å². The van der Waals surface area contributed by atoms with E-state index in [2.05, 4.69) is 22.8 Å². The molecule has 0 saturated heterocycles. The number of hydrogen-bond donors (Lipinski definition) is 2. The molecule has 5 heteroatoms. The van der Waals surface area contributed by atoms with E-state index in [9.17, 15) is 4.79 Å². The fourth-order valence-corrected chi connectivity index (χ4v) is 3.57. The van der Waals surface area contributed by atoms with Crippen molar-refractivity contribution in [2.24, 2.45) is 0 Å². The van der Waals surface area contributed by atoms with Crippen molar-refractivity contribution in [1.29, 1.82) is 0 Å². The third-order valence-electron chi connectivity index (χ3n) is 5.07. The van der Waals surface area contributed by atoms with Gasteiger partial charge < -0.3 is 20.1 Å². The summed E-state index contributed by atoms with van der Waals surface area (Å²) in [5.41, 5.74) is 2.40. The van der Waals surface area contributed by atoms with Gasteiger partial charge in [0.1, 0.15) is 17.1 Å². The first-order chi connectivity index (χ1) is 13.2. The van der Waals surface area contributed by atoms with Crippen LogP contribution in [0.3, 0.4) is 0 Å². The third-order valence-corrected chi connectivity index (χ3v) is 5.07. The lowest BCUT2D eigenvalue weighted by atomic mass is 10.1. The Balaban J connectivity index is 1.58. The maximum atomic E-state index is 12.7. The lowest BCUT2D eigenvalue weighted by Crippen LogP contribution is -2.27. The highest BCUT2D eigenvalue weighted by atomic mass is 16.5. The molecule has 0 aliphatic heterocycles. The minimum Gasteiger partial charge on any atom is -0.496 e. The van der Waals surface area contributed by atoms with Crippen molar-refractivity contribution in [3.63, 3.8) is 0 Å². The number of methoxy groups -OCH3 is 2. The fourth-order valence-electron chi connectivity index (χ4n) is 3.57. The monoisotopic (exact) mass is 368 g/mol. The summed E-state index contributed by atoms with van der Waals surface area (Å²) in [7, 11) is 3.08. The minimum atomic E-state index is -0.250. The number of amides is 1. The van der Waals surface area contributed by atoms with E-state index in [1.165, 1.54) is 31.2 Å². The average molecular weight is 368 g/mol. The summed E-state index contributed by atoms with van der Waals surface area (Å²) < 4.78 is 10.6. The summed E-state index contributed by atoms with van der Waals surface area (Å²) in [5, 5.41) is 6.55. The molecule has 1 amide bonds. The van der Waals surface area contributed by atoms with Gasteiger partial charge in [-0.25, -0.2) is 0 Å². The van der Waals surface area contributed by atoms with Crippen molar-refractivity contribution in [3.8, 4) is 11.5 Å². The molecule has 2 aromatic carbocycles. The van der Waals surface area contributed by atoms with Crippen LogP contribution < -0.4 is 20.1 Å². The van der Waals surface area contributed by atoms with Crippen LogP contribution in [0.1, 0.15) is 41.6 Å². The number of carbonyl (C=O) groups excluding carboxylic acids is 1. The van der Waals surface area contributed by atoms with Crippen LogP contribution in [-0.2, 0) is 6.42 Å². The van der Waals surface area contributed by atoms with Gasteiger partial charge in [0, 0.05) is 11.7 Å². The highest BCUT2D eigenvalue weighted by Crippen LogP contribution is 2.29. The quantitative estimate of drug-likeness (QED) is 0.738. The maximum absolute atomic E-state index is 12.7. The Labute approximate surface area is 161 Å². The van der Waals surface area contributed by atoms with E-state index in [0.717, 1.165) is 18.7 Å². The molecule has 0 heterocycles. The van der Waals surface area contributed by atoms with Crippen LogP contribution in [0.15, 0.2) is 42.5 Å². The van der Waals surface area contributed by atoms with E-state index in [-0.39, 0.29) is 5.91 Å². The number of benzene rings is 2. The Morgan fingerprint density at radius 2 is 1.63 bits per heavy atom. The first-order valence-electron chi connectivity index (χ1n) is 9.56. The molecule has 2 aromatic rings. The Morgan fingerprint density at radius 1 is 1.00 bits per heavy atom. The van der Waals surface area contributed by atoms with E-state index in [4.69, 9.17) is 9.47 Å². The lowest BCUT2D eigenvalue weighted by Gasteiger charge is -2.13. The van der Waals surface area contributed by atoms with Gasteiger partial charge in [0.05, 0.1) is 14.2 Å². The normalized spacial score (nSPS) is 14.1. The third kappa shape index (κ3) is 5.01. The predicted molar refractivity (Wildman–Crippen MR) is 108 cm³/mol. The molecule has 2 N–H and O–H groups in total. The molecule has 0 radical (unpaired) electrons. The zero-order chi connectivity index (χ0) is 19.1. The molecule has 0 unspecified atom stereocenters. The fraction of sp³-hybridized carbons (Fsp3) is 0.409. The van der Waals surface area contributed by atoms with Crippen molar-refractivity contribution in [1.82, 2.24) is 5.32 Å². The summed E-state index contributed by atoms with van der Waals surface area (Å²) in [5.74, 6) is 0.725. The molecule has 0 bridgehead atoms. The zero-order valence-corrected chi connectivity index (χ0v) is 16.1. The summed E-state index contributed by atoms with van der Waals surface area (Å²) in [6.45, 7) is 0.995. The number of carbonyl (C=O) groups is 1. The van der Waals surface area contributed by atoms with Crippen molar-refractivity contribution < 1.29 is 14.3 Å². The molecule has 27 heavy (non-hydrogen) atoms. The molecule has 1 aliphatic rings. The molecule has 1 aliphatic carbocycles. The number of ether oxygens (including phenoxy) is 2. The van der Waals surface area contributed by atoms with Crippen molar-refractivity contribution >= 4 is 11.6 Å². The van der Waals surface area contributed by atoms with E-state index in [1.807, 2.05) is 12.1 Å². The Morgan fingerprint density at radius 3 is 2.22 bits per heavy atom. The van der Waals surface area contributed by atoms with Crippen LogP contribution in [-0.4, -0.2) is 32.7 Å². The highest BCUT2D eigenvalue weighted by molar-refractivity contribution is 6.08. The van der Waals surface area contributed by atoms with Crippen LogP contribution in [0.2, 0.25) is 0 Å². The number of rotatable bonds is 8. The Hall–Kier alpha value is -2.53. The summed E-state index contributed by atoms with van der Waals surface area (Å²) in [6, 6.07) is 14.0. The van der Waals surface area contributed by atoms with Gasteiger partial charge in [-0.2, -0.15) is 0 Å². The summed E-state index contributed by atoms with van der Waals surface area (Å²) >= 11 is 0. The van der Waals surface area contributed by atoms with Crippen LogP contribution in [0.5, 0.6) is 11.5 Å². The van der Waals surface area contributed by atoms with Crippen LogP contribution in [0.25, 0.3) is 0 Å². The van der Waals surface area contributed by atoms with E-state index < -0.39 is 0 Å². The minimum absolute atomic E-state index is 0.250. The standard InChI is InChI=1S/C22H28N2O3/c1-26-19-8-5-9-20(27-2)21(19)22(25)24-18-12-10-16(11-13-18)14-15-23-17-6-3-4-7-17/h5,8-13,17,23H,3-4,6-7,14-15H2,1-2H3,(H,24,25). The number of hydrogen-bond acceptors (Lipinski definition) is 4. The van der Waals surface area contributed by atoms with Crippen molar-refractivity contribution in [2.75, 3.05) is 26.1 Å². The molecule has 1 saturated carbocycles. The van der Waals surface area contributed by atoms with Gasteiger partial charge in [0.2, 0.25) is 0 Å². The van der Waals surface area contributed by atoms with E-state index in [0.29, 0.717) is 23.1 Å². The first kappa shape index (κ1) is 19.2. The van der Waals surface area contributed by atoms with Crippen LogP contribution in [0.4, 0.5) is 5.69 Å². The molecule has 144 valence electrons. The van der Waals surface area contributed by atoms with Gasteiger partial charge in [0.25, 0.3) is 5.91 Å². The van der Waals surface area contributed by atoms with Gasteiger partial charge in [-0.05, 0) is 55.6 Å². The van der Waals surface area contributed by atoms with Gasteiger partial charge in [-0.1, -0.05) is 31.0 Å². The second-order valence-electron chi connectivity index (χ2n) is 6.87. The smallest absolute Gasteiger partial charge is 0.263 e. The predicted octanol–water partition coefficient (Wildman–Crippen LogP) is 4.03. The summed E-state index contributed by atoms with van der Waals surface area (Å²) in [6.07, 6.45) is 6.30. The SMILES string of the molecule is COc1cccc(OC)c1C(=O)Nc1ccc(CCNC2CCCC2)cc1. The summed E-state index contributed by atoms with van der Waals surface area (Å²) in [4.78, 5) is 12.7. The second-order valence-corrected chi connectivity index (χ2v) is 6.87. The molecule has 1 fully saturated rings. The molecular formula is C22H28N2O3. The molecule has 0 aromatic heterocycles. The topological polar surface area (TPSA) is 59.6 Å². The van der Waals surface area contributed by atoms with Gasteiger partial charge in [-0.3, -0.25) is 4.79 Å². The van der Waals surface area contributed by atoms with Crippen LogP contribution in [0, 0.1) is 0 Å².